The van der Waals surface area contributed by atoms with Gasteiger partial charge in [-0.25, -0.2) is 0 Å². The van der Waals surface area contributed by atoms with Crippen LogP contribution in [0.15, 0.2) is 0 Å². The zero-order valence-electron chi connectivity index (χ0n) is 12.1. The van der Waals surface area contributed by atoms with Gasteiger partial charge in [0.15, 0.2) is 0 Å². The number of rotatable bonds is 4. The van der Waals surface area contributed by atoms with Gasteiger partial charge in [-0.3, -0.25) is 0 Å². The molecule has 1 radical (unpaired) electrons. The zero-order valence-corrected chi connectivity index (χ0v) is 16.1. The van der Waals surface area contributed by atoms with E-state index in [1.54, 1.807) is 0 Å². The fourth-order valence-corrected chi connectivity index (χ4v) is 3.43. The molecule has 1 heterocycles. The Morgan fingerprint density at radius 2 is 1.40 bits per heavy atom. The normalized spacial score (nSPS) is 33.1. The van der Waals surface area contributed by atoms with Crippen LogP contribution in [0.2, 0.25) is 0 Å². The van der Waals surface area contributed by atoms with Crippen LogP contribution in [0.4, 0.5) is 0 Å². The first-order chi connectivity index (χ1) is 8.92. The molecule has 0 spiro atoms. The van der Waals surface area contributed by atoms with E-state index in [0.29, 0.717) is 7.92 Å². The Labute approximate surface area is 143 Å². The third-order valence-electron chi connectivity index (χ3n) is 3.21. The second kappa shape index (κ2) is 12.8. The maximum Gasteiger partial charge on any atom is 0.129 e. The van der Waals surface area contributed by atoms with Crippen LogP contribution in [0.5, 0.6) is 0 Å². The topological polar surface area (TPSA) is 90.2 Å². The summed E-state index contributed by atoms with van der Waals surface area (Å²) in [5.74, 6) is 0. The fraction of sp³-hybridized carbons (Fsp3) is 1.00. The Kier molecular flexibility index (Phi) is 15.1. The zero-order chi connectivity index (χ0) is 15.0. The summed E-state index contributed by atoms with van der Waals surface area (Å²) >= 11 is 3.81. The largest absolute Gasteiger partial charge is 0.394 e. The number of thiol groups is 1. The third kappa shape index (κ3) is 7.54. The van der Waals surface area contributed by atoms with Gasteiger partial charge in [0.1, 0.15) is 29.9 Å². The molecule has 8 heteroatoms. The van der Waals surface area contributed by atoms with Crippen LogP contribution in [0.3, 0.4) is 0 Å². The van der Waals surface area contributed by atoms with Crippen molar-refractivity contribution in [3.8, 4) is 0 Å². The number of hydrogen-bond donors (Lipinski definition) is 5. The Hall–Kier alpha value is 1.32. The summed E-state index contributed by atoms with van der Waals surface area (Å²) in [5, 5.41) is 36.2. The Morgan fingerprint density at radius 3 is 1.70 bits per heavy atom. The average Bonchev–Trinajstić information content (AvgIpc) is 2.43. The summed E-state index contributed by atoms with van der Waals surface area (Å²) < 4.78 is 4.88. The Balaban J connectivity index is 0. The van der Waals surface area contributed by atoms with Crippen molar-refractivity contribution in [3.05, 3.63) is 0 Å². The number of ether oxygens (including phenoxy) is 1. The molecule has 1 fully saturated rings. The van der Waals surface area contributed by atoms with Gasteiger partial charge in [0.25, 0.3) is 0 Å². The summed E-state index contributed by atoms with van der Waals surface area (Å²) in [4.78, 5) is 0. The van der Waals surface area contributed by atoms with Crippen molar-refractivity contribution in [2.45, 2.75) is 50.6 Å². The first kappa shape index (κ1) is 23.6. The van der Waals surface area contributed by atoms with Crippen LogP contribution in [0, 0.1) is 0 Å². The number of aliphatic hydroxyl groups is 4. The second-order valence-electron chi connectivity index (χ2n) is 4.34. The molecule has 0 aromatic carbocycles. The molecule has 1 aliphatic rings. The van der Waals surface area contributed by atoms with Gasteiger partial charge in [-0.2, -0.15) is 0 Å². The minimum absolute atomic E-state index is 0. The third-order valence-corrected chi connectivity index (χ3v) is 6.32. The maximum atomic E-state index is 9.20. The van der Waals surface area contributed by atoms with E-state index in [9.17, 15) is 10.2 Å². The molecule has 0 amide bonds. The molecule has 0 unspecified atom stereocenters. The molecule has 0 aromatic rings. The number of aliphatic hydroxyl groups excluding tert-OH is 4. The first-order valence-corrected chi connectivity index (χ1v) is 9.05. The SMILES string of the molecule is CCP(CC)CC.OC[C@H]1O[C@@H](S)[C@H](O)[C@@H](O)[C@@H]1O.[Au]. The van der Waals surface area contributed by atoms with Crippen molar-refractivity contribution in [1.82, 2.24) is 0 Å². The molecule has 1 rings (SSSR count). The van der Waals surface area contributed by atoms with Crippen LogP contribution in [0.1, 0.15) is 20.8 Å². The molecule has 127 valence electrons. The molecule has 1 saturated heterocycles. The van der Waals surface area contributed by atoms with E-state index in [1.807, 2.05) is 0 Å². The van der Waals surface area contributed by atoms with Crippen LogP contribution in [-0.4, -0.2) is 75.4 Å². The van der Waals surface area contributed by atoms with E-state index >= 15 is 0 Å². The van der Waals surface area contributed by atoms with E-state index in [2.05, 4.69) is 33.4 Å². The second-order valence-corrected chi connectivity index (χ2v) is 8.09. The number of hydrogen-bond acceptors (Lipinski definition) is 6. The molecule has 0 saturated carbocycles. The van der Waals surface area contributed by atoms with Gasteiger partial charge in [-0.15, -0.1) is 20.6 Å². The van der Waals surface area contributed by atoms with Gasteiger partial charge >= 0.3 is 0 Å². The van der Waals surface area contributed by atoms with Gasteiger partial charge < -0.3 is 25.2 Å². The molecular formula is C12H27AuO5PS. The Morgan fingerprint density at radius 1 is 0.950 bits per heavy atom. The summed E-state index contributed by atoms with van der Waals surface area (Å²) in [6.45, 7) is 6.46. The molecule has 0 aromatic heterocycles. The van der Waals surface area contributed by atoms with Crippen LogP contribution < -0.4 is 0 Å². The molecule has 1 aliphatic heterocycles. The first-order valence-electron chi connectivity index (χ1n) is 6.63. The van der Waals surface area contributed by atoms with Crippen molar-refractivity contribution in [1.29, 1.82) is 0 Å². The molecular weight excluding hydrogens is 484 g/mol. The van der Waals surface area contributed by atoms with E-state index < -0.39 is 36.5 Å². The van der Waals surface area contributed by atoms with Gasteiger partial charge in [0.2, 0.25) is 0 Å². The van der Waals surface area contributed by atoms with Crippen molar-refractivity contribution in [3.63, 3.8) is 0 Å². The van der Waals surface area contributed by atoms with E-state index in [-0.39, 0.29) is 22.4 Å². The summed E-state index contributed by atoms with van der Waals surface area (Å²) in [7, 11) is 0.446. The molecule has 0 bridgehead atoms. The average molecular weight is 511 g/mol. The van der Waals surface area contributed by atoms with Crippen molar-refractivity contribution in [2.24, 2.45) is 0 Å². The van der Waals surface area contributed by atoms with Crippen LogP contribution in [0.25, 0.3) is 0 Å². The quantitative estimate of drug-likeness (QED) is 0.212. The minimum Gasteiger partial charge on any atom is -0.394 e. The summed E-state index contributed by atoms with van der Waals surface area (Å²) in [6.07, 6.45) is -0.448. The standard InChI is InChI=1S/C6H12O5S.C6H15P.Au/c7-1-2-3(8)4(9)5(10)6(12)11-2;1-4-7(5-2)6-3;/h2-10,12H,1H2;4-6H2,1-3H3;/t2-,3-,4+,5-,6+;;/m1../s1. The van der Waals surface area contributed by atoms with E-state index in [4.69, 9.17) is 14.9 Å². The van der Waals surface area contributed by atoms with Gasteiger partial charge in [0.05, 0.1) is 6.61 Å². The fourth-order valence-electron chi connectivity index (χ4n) is 1.75. The van der Waals surface area contributed by atoms with E-state index in [1.165, 1.54) is 18.5 Å². The summed E-state index contributed by atoms with van der Waals surface area (Å²) in [5.41, 5.74) is -0.874. The minimum atomic E-state index is -1.32. The predicted octanol–water partition coefficient (Wildman–Crippen LogP) is 0.242. The van der Waals surface area contributed by atoms with Crippen molar-refractivity contribution >= 4 is 20.6 Å². The maximum absolute atomic E-state index is 9.20. The predicted molar refractivity (Wildman–Crippen MR) is 81.3 cm³/mol. The monoisotopic (exact) mass is 511 g/mol. The molecule has 5 atom stereocenters. The van der Waals surface area contributed by atoms with Crippen LogP contribution >= 0.6 is 20.6 Å². The molecule has 0 aliphatic carbocycles. The van der Waals surface area contributed by atoms with E-state index in [0.717, 1.165) is 0 Å². The van der Waals surface area contributed by atoms with Crippen molar-refractivity contribution in [2.75, 3.05) is 25.1 Å². The van der Waals surface area contributed by atoms with Gasteiger partial charge in [-0.05, 0) is 18.5 Å². The summed E-state index contributed by atoms with van der Waals surface area (Å²) in [6, 6.07) is 0. The molecule has 5 nitrogen and oxygen atoms in total. The van der Waals surface area contributed by atoms with Gasteiger partial charge in [-0.1, -0.05) is 20.8 Å². The smallest absolute Gasteiger partial charge is 0.129 e. The van der Waals surface area contributed by atoms with Gasteiger partial charge in [0, 0.05) is 22.4 Å². The molecule has 20 heavy (non-hydrogen) atoms. The van der Waals surface area contributed by atoms with Crippen LogP contribution in [-0.2, 0) is 27.1 Å². The van der Waals surface area contributed by atoms with Crippen molar-refractivity contribution < 1.29 is 47.5 Å². The Bertz CT molecular complexity index is 226. The molecule has 4 N–H and O–H groups in total.